The third kappa shape index (κ3) is 4.37. The van der Waals surface area contributed by atoms with Gasteiger partial charge in [0.05, 0.1) is 29.5 Å². The van der Waals surface area contributed by atoms with E-state index in [1.807, 2.05) is 6.92 Å². The maximum atomic E-state index is 11.9. The van der Waals surface area contributed by atoms with E-state index >= 15 is 0 Å². The highest BCUT2D eigenvalue weighted by Gasteiger charge is 2.60. The molecular weight excluding hydrogens is 434 g/mol. The molecule has 0 bridgehead atoms. The van der Waals surface area contributed by atoms with Crippen molar-refractivity contribution in [2.45, 2.75) is 116 Å². The van der Waals surface area contributed by atoms with Crippen molar-refractivity contribution in [1.82, 2.24) is 9.78 Å². The fourth-order valence-corrected chi connectivity index (χ4v) is 10.3. The Labute approximate surface area is 212 Å². The van der Waals surface area contributed by atoms with Crippen molar-refractivity contribution in [3.63, 3.8) is 0 Å². The van der Waals surface area contributed by atoms with Crippen LogP contribution >= 0.6 is 0 Å². The second-order valence-electron chi connectivity index (χ2n) is 13.6. The van der Waals surface area contributed by atoms with Crippen LogP contribution in [-0.4, -0.2) is 31.2 Å². The molecule has 0 amide bonds. The summed E-state index contributed by atoms with van der Waals surface area (Å²) in [6, 6.07) is 2.16. The van der Waals surface area contributed by atoms with Crippen LogP contribution in [0.15, 0.2) is 12.4 Å². The van der Waals surface area contributed by atoms with Crippen LogP contribution in [0.5, 0.6) is 0 Å². The van der Waals surface area contributed by atoms with Gasteiger partial charge < -0.3 is 10.2 Å². The van der Waals surface area contributed by atoms with Crippen LogP contribution < -0.4 is 0 Å². The van der Waals surface area contributed by atoms with Crippen LogP contribution in [0.25, 0.3) is 0 Å². The number of nitrogens with zero attached hydrogens (tertiary/aromatic N) is 3. The van der Waals surface area contributed by atoms with Gasteiger partial charge in [-0.3, -0.25) is 4.68 Å². The molecule has 0 radical (unpaired) electrons. The number of hydrogen-bond acceptors (Lipinski definition) is 4. The second kappa shape index (κ2) is 9.18. The van der Waals surface area contributed by atoms with Crippen molar-refractivity contribution in [2.24, 2.45) is 46.8 Å². The Morgan fingerprint density at radius 2 is 1.91 bits per heavy atom. The molecule has 10 atom stereocenters. The average Bonchev–Trinajstić information content (AvgIpc) is 3.24. The molecular formula is C30H47N3O2. The number of nitriles is 1. The minimum absolute atomic E-state index is 0.137. The third-order valence-corrected chi connectivity index (χ3v) is 11.4. The second-order valence-corrected chi connectivity index (χ2v) is 13.6. The predicted octanol–water partition coefficient (Wildman–Crippen LogP) is 5.94. The van der Waals surface area contributed by atoms with Gasteiger partial charge in [-0.05, 0) is 112 Å². The molecule has 4 saturated carbocycles. The molecule has 5 heteroatoms. The Balaban J connectivity index is 1.36. The van der Waals surface area contributed by atoms with Crippen molar-refractivity contribution in [2.75, 3.05) is 0 Å². The summed E-state index contributed by atoms with van der Waals surface area (Å²) in [5.74, 6) is 4.66. The fraction of sp³-hybridized carbons (Fsp3) is 0.867. The summed E-state index contributed by atoms with van der Waals surface area (Å²) in [6.07, 6.45) is 16.0. The van der Waals surface area contributed by atoms with Crippen LogP contribution in [0.2, 0.25) is 0 Å². The molecule has 0 aromatic carbocycles. The lowest BCUT2D eigenvalue weighted by atomic mass is 9.41. The lowest BCUT2D eigenvalue weighted by Crippen LogP contribution is -2.60. The van der Waals surface area contributed by atoms with Crippen LogP contribution in [0.3, 0.4) is 0 Å². The lowest BCUT2D eigenvalue weighted by molar-refractivity contribution is -0.185. The van der Waals surface area contributed by atoms with Crippen molar-refractivity contribution in [1.29, 1.82) is 5.26 Å². The number of aromatic nitrogens is 2. The normalized spacial score (nSPS) is 44.9. The highest BCUT2D eigenvalue weighted by molar-refractivity contribution is 5.21. The van der Waals surface area contributed by atoms with Crippen LogP contribution in [-0.2, 0) is 6.54 Å². The molecule has 0 aliphatic heterocycles. The molecule has 1 heterocycles. The third-order valence-electron chi connectivity index (χ3n) is 11.4. The summed E-state index contributed by atoms with van der Waals surface area (Å²) in [6.45, 7) is 9.65. The standard InChI is InChI=1S/C30H47N3O2/c1-5-12-30(35)14-11-23-22(15-30)7-8-25-24(23)10-13-28(3)26(9-6-20(2)27(25)28)29(4,34)19-33-18-21(16-31)17-32-33/h17-18,20,22-27,34-35H,5-15,19H2,1-4H3/t20-,22-,23+,24-,25-,26+,27+,28-,29?,30-/m1/s1. The van der Waals surface area contributed by atoms with E-state index in [-0.39, 0.29) is 11.3 Å². The highest BCUT2D eigenvalue weighted by atomic mass is 16.3. The molecule has 194 valence electrons. The molecule has 1 aromatic heterocycles. The summed E-state index contributed by atoms with van der Waals surface area (Å²) in [5.41, 5.74) is -0.570. The maximum Gasteiger partial charge on any atom is 0.102 e. The molecule has 1 aromatic rings. The summed E-state index contributed by atoms with van der Waals surface area (Å²) < 4.78 is 1.77. The van der Waals surface area contributed by atoms with Gasteiger partial charge in [-0.1, -0.05) is 33.6 Å². The van der Waals surface area contributed by atoms with Gasteiger partial charge in [0.2, 0.25) is 0 Å². The molecule has 35 heavy (non-hydrogen) atoms. The number of rotatable bonds is 5. The number of hydrogen-bond donors (Lipinski definition) is 2. The quantitative estimate of drug-likeness (QED) is 0.545. The van der Waals surface area contributed by atoms with Crippen LogP contribution in [0.4, 0.5) is 0 Å². The SMILES string of the molecule is CCC[C@@]1(O)CC[C@H]2[C@H](CC[C@@H]3[C@@H]2CC[C@@]2(C)[C@H]3[C@H](C)CC[C@@H]2C(C)(O)Cn2cc(C#N)cn2)C1. The Morgan fingerprint density at radius 3 is 2.63 bits per heavy atom. The zero-order chi connectivity index (χ0) is 25.0. The molecule has 0 saturated heterocycles. The summed E-state index contributed by atoms with van der Waals surface area (Å²) >= 11 is 0. The monoisotopic (exact) mass is 481 g/mol. The van der Waals surface area contributed by atoms with E-state index < -0.39 is 11.2 Å². The van der Waals surface area contributed by atoms with Gasteiger partial charge in [-0.25, -0.2) is 0 Å². The van der Waals surface area contributed by atoms with Gasteiger partial charge in [-0.2, -0.15) is 10.4 Å². The molecule has 5 nitrogen and oxygen atoms in total. The Hall–Kier alpha value is -1.38. The van der Waals surface area contributed by atoms with Gasteiger partial charge in [-0.15, -0.1) is 0 Å². The summed E-state index contributed by atoms with van der Waals surface area (Å²) in [4.78, 5) is 0. The van der Waals surface area contributed by atoms with E-state index in [2.05, 4.69) is 31.9 Å². The zero-order valence-corrected chi connectivity index (χ0v) is 22.4. The van der Waals surface area contributed by atoms with Gasteiger partial charge >= 0.3 is 0 Å². The van der Waals surface area contributed by atoms with Gasteiger partial charge in [0.25, 0.3) is 0 Å². The van der Waals surface area contributed by atoms with E-state index in [1.54, 1.807) is 17.1 Å². The average molecular weight is 482 g/mol. The largest absolute Gasteiger partial charge is 0.390 e. The van der Waals surface area contributed by atoms with Crippen molar-refractivity contribution in [3.05, 3.63) is 18.0 Å². The summed E-state index contributed by atoms with van der Waals surface area (Å²) in [7, 11) is 0. The Morgan fingerprint density at radius 1 is 1.14 bits per heavy atom. The number of fused-ring (bicyclic) bond motifs is 5. The molecule has 4 fully saturated rings. The van der Waals surface area contributed by atoms with E-state index in [1.165, 1.54) is 38.5 Å². The maximum absolute atomic E-state index is 11.9. The van der Waals surface area contributed by atoms with Crippen molar-refractivity contribution >= 4 is 0 Å². The van der Waals surface area contributed by atoms with Gasteiger partial charge in [0.1, 0.15) is 6.07 Å². The van der Waals surface area contributed by atoms with E-state index in [4.69, 9.17) is 0 Å². The van der Waals surface area contributed by atoms with E-state index in [0.29, 0.717) is 29.9 Å². The lowest BCUT2D eigenvalue weighted by Gasteiger charge is -2.64. The minimum Gasteiger partial charge on any atom is -0.390 e. The van der Waals surface area contributed by atoms with Crippen LogP contribution in [0, 0.1) is 58.2 Å². The van der Waals surface area contributed by atoms with Gasteiger partial charge in [0.15, 0.2) is 0 Å². The summed E-state index contributed by atoms with van der Waals surface area (Å²) in [5, 5.41) is 36.6. The van der Waals surface area contributed by atoms with Crippen molar-refractivity contribution in [3.8, 4) is 6.07 Å². The van der Waals surface area contributed by atoms with E-state index in [9.17, 15) is 15.5 Å². The Bertz CT molecular complexity index is 950. The highest BCUT2D eigenvalue weighted by Crippen LogP contribution is 2.66. The topological polar surface area (TPSA) is 82.1 Å². The first kappa shape index (κ1) is 25.3. The minimum atomic E-state index is -0.850. The van der Waals surface area contributed by atoms with E-state index in [0.717, 1.165) is 49.9 Å². The van der Waals surface area contributed by atoms with Gasteiger partial charge in [0, 0.05) is 6.20 Å². The molecule has 4 aliphatic carbocycles. The smallest absolute Gasteiger partial charge is 0.102 e. The fourth-order valence-electron chi connectivity index (χ4n) is 10.3. The molecule has 2 N–H and O–H groups in total. The molecule has 0 spiro atoms. The molecule has 5 rings (SSSR count). The van der Waals surface area contributed by atoms with Crippen molar-refractivity contribution < 1.29 is 10.2 Å². The predicted molar refractivity (Wildman–Crippen MR) is 137 cm³/mol. The molecule has 1 unspecified atom stereocenters. The molecule has 4 aliphatic rings. The first-order valence-corrected chi connectivity index (χ1v) is 14.5. The number of aliphatic hydroxyl groups is 2. The van der Waals surface area contributed by atoms with Crippen LogP contribution in [0.1, 0.15) is 104 Å². The Kier molecular flexibility index (Phi) is 6.63. The first-order chi connectivity index (χ1) is 16.6. The first-order valence-electron chi connectivity index (χ1n) is 14.5. The zero-order valence-electron chi connectivity index (χ0n) is 22.4.